The molecule has 1 fully saturated rings. The zero-order chi connectivity index (χ0) is 19.4. The summed E-state index contributed by atoms with van der Waals surface area (Å²) in [5, 5.41) is 5.42. The number of hydrogen-bond donors (Lipinski definition) is 2. The Morgan fingerprint density at radius 2 is 2.04 bits per heavy atom. The van der Waals surface area contributed by atoms with E-state index in [9.17, 15) is 9.59 Å². The number of nitrogens with one attached hydrogen (secondary N) is 2. The SMILES string of the molecule is Cc1ccc(NC(=O)COc2ccccc2/C=C2\SC(=S)NC2=O)c(C)c1. The van der Waals surface area contributed by atoms with Gasteiger partial charge in [-0.05, 0) is 37.6 Å². The Morgan fingerprint density at radius 3 is 2.74 bits per heavy atom. The van der Waals surface area contributed by atoms with Crippen LogP contribution < -0.4 is 15.4 Å². The topological polar surface area (TPSA) is 67.4 Å². The monoisotopic (exact) mass is 398 g/mol. The Bertz CT molecular complexity index is 954. The summed E-state index contributed by atoms with van der Waals surface area (Å²) < 4.78 is 6.10. The van der Waals surface area contributed by atoms with Crippen LogP contribution >= 0.6 is 24.0 Å². The smallest absolute Gasteiger partial charge is 0.263 e. The van der Waals surface area contributed by atoms with Crippen molar-refractivity contribution in [3.8, 4) is 5.75 Å². The molecule has 3 rings (SSSR count). The van der Waals surface area contributed by atoms with Crippen LogP contribution in [0.1, 0.15) is 16.7 Å². The summed E-state index contributed by atoms with van der Waals surface area (Å²) in [7, 11) is 0. The van der Waals surface area contributed by atoms with Gasteiger partial charge in [0.05, 0.1) is 4.91 Å². The molecule has 1 aliphatic heterocycles. The second-order valence-corrected chi connectivity index (χ2v) is 7.76. The maximum atomic E-state index is 12.2. The number of anilines is 1. The van der Waals surface area contributed by atoms with Gasteiger partial charge in [-0.2, -0.15) is 0 Å². The van der Waals surface area contributed by atoms with Crippen molar-refractivity contribution in [3.63, 3.8) is 0 Å². The number of thioether (sulfide) groups is 1. The lowest BCUT2D eigenvalue weighted by molar-refractivity contribution is -0.118. The lowest BCUT2D eigenvalue weighted by Gasteiger charge is -2.11. The van der Waals surface area contributed by atoms with Gasteiger partial charge < -0.3 is 15.4 Å². The van der Waals surface area contributed by atoms with Gasteiger partial charge in [0.1, 0.15) is 10.1 Å². The van der Waals surface area contributed by atoms with E-state index >= 15 is 0 Å². The largest absolute Gasteiger partial charge is 0.483 e. The van der Waals surface area contributed by atoms with E-state index in [4.69, 9.17) is 17.0 Å². The number of carbonyl (C=O) groups excluding carboxylic acids is 2. The van der Waals surface area contributed by atoms with E-state index in [1.807, 2.05) is 50.2 Å². The summed E-state index contributed by atoms with van der Waals surface area (Å²) >= 11 is 6.20. The van der Waals surface area contributed by atoms with E-state index in [1.54, 1.807) is 12.1 Å². The minimum Gasteiger partial charge on any atom is -0.483 e. The predicted octanol–water partition coefficient (Wildman–Crippen LogP) is 3.81. The van der Waals surface area contributed by atoms with E-state index in [1.165, 1.54) is 11.8 Å². The van der Waals surface area contributed by atoms with Crippen molar-refractivity contribution in [1.29, 1.82) is 0 Å². The first-order valence-electron chi connectivity index (χ1n) is 8.26. The lowest BCUT2D eigenvalue weighted by Crippen LogP contribution is -2.21. The van der Waals surface area contributed by atoms with Gasteiger partial charge in [-0.25, -0.2) is 0 Å². The fourth-order valence-corrected chi connectivity index (χ4v) is 3.61. The molecule has 5 nitrogen and oxygen atoms in total. The molecule has 2 N–H and O–H groups in total. The summed E-state index contributed by atoms with van der Waals surface area (Å²) in [4.78, 5) is 24.6. The van der Waals surface area contributed by atoms with Gasteiger partial charge in [-0.3, -0.25) is 9.59 Å². The minimum absolute atomic E-state index is 0.134. The Balaban J connectivity index is 1.68. The van der Waals surface area contributed by atoms with Gasteiger partial charge in [-0.1, -0.05) is 59.9 Å². The number of ether oxygens (including phenoxy) is 1. The Hall–Kier alpha value is -2.64. The number of thiocarbonyl (C=S) groups is 1. The normalized spacial score (nSPS) is 15.0. The Morgan fingerprint density at radius 1 is 1.26 bits per heavy atom. The van der Waals surface area contributed by atoms with Crippen molar-refractivity contribution >= 4 is 51.9 Å². The molecule has 0 aliphatic carbocycles. The van der Waals surface area contributed by atoms with Crippen LogP contribution in [-0.4, -0.2) is 22.7 Å². The second-order valence-electron chi connectivity index (χ2n) is 6.05. The summed E-state index contributed by atoms with van der Waals surface area (Å²) in [6, 6.07) is 13.1. The van der Waals surface area contributed by atoms with E-state index in [-0.39, 0.29) is 18.4 Å². The third kappa shape index (κ3) is 4.96. The number of para-hydroxylation sites is 1. The third-order valence-corrected chi connectivity index (χ3v) is 5.03. The maximum Gasteiger partial charge on any atom is 0.263 e. The highest BCUT2D eigenvalue weighted by Gasteiger charge is 2.22. The first-order valence-corrected chi connectivity index (χ1v) is 9.48. The third-order valence-electron chi connectivity index (χ3n) is 3.86. The number of rotatable bonds is 5. The fourth-order valence-electron chi connectivity index (χ4n) is 2.58. The Labute approximate surface area is 167 Å². The average molecular weight is 399 g/mol. The van der Waals surface area contributed by atoms with Crippen LogP contribution in [0, 0.1) is 13.8 Å². The van der Waals surface area contributed by atoms with Crippen LogP contribution in [-0.2, 0) is 9.59 Å². The van der Waals surface area contributed by atoms with E-state index in [0.29, 0.717) is 20.5 Å². The van der Waals surface area contributed by atoms with Gasteiger partial charge in [-0.15, -0.1) is 0 Å². The molecule has 0 saturated carbocycles. The van der Waals surface area contributed by atoms with Crippen LogP contribution in [0.5, 0.6) is 5.75 Å². The highest BCUT2D eigenvalue weighted by Crippen LogP contribution is 2.29. The molecular weight excluding hydrogens is 380 g/mol. The molecule has 0 aromatic heterocycles. The number of aryl methyl sites for hydroxylation is 2. The molecule has 138 valence electrons. The zero-order valence-electron chi connectivity index (χ0n) is 14.9. The summed E-state index contributed by atoms with van der Waals surface area (Å²) in [5.74, 6) is 0.0398. The number of carbonyl (C=O) groups is 2. The lowest BCUT2D eigenvalue weighted by atomic mass is 10.1. The molecule has 0 radical (unpaired) electrons. The quantitative estimate of drug-likeness (QED) is 0.592. The second kappa shape index (κ2) is 8.37. The molecule has 0 spiro atoms. The number of amides is 2. The molecule has 7 heteroatoms. The van der Waals surface area contributed by atoms with E-state index in [2.05, 4.69) is 10.6 Å². The van der Waals surface area contributed by atoms with Crippen molar-refractivity contribution in [2.75, 3.05) is 11.9 Å². The van der Waals surface area contributed by atoms with Crippen LogP contribution in [0.2, 0.25) is 0 Å². The minimum atomic E-state index is -0.251. The molecule has 27 heavy (non-hydrogen) atoms. The molecule has 0 bridgehead atoms. The van der Waals surface area contributed by atoms with Gasteiger partial charge in [0.15, 0.2) is 6.61 Å². The highest BCUT2D eigenvalue weighted by atomic mass is 32.2. The number of hydrogen-bond acceptors (Lipinski definition) is 5. The molecule has 2 aromatic carbocycles. The summed E-state index contributed by atoms with van der Waals surface area (Å²) in [6.45, 7) is 3.81. The fraction of sp³-hybridized carbons (Fsp3) is 0.150. The molecule has 0 unspecified atom stereocenters. The van der Waals surface area contributed by atoms with Crippen LogP contribution in [0.15, 0.2) is 47.4 Å². The molecule has 2 amide bonds. The van der Waals surface area contributed by atoms with Crippen molar-refractivity contribution < 1.29 is 14.3 Å². The van der Waals surface area contributed by atoms with Gasteiger partial charge in [0.2, 0.25) is 0 Å². The van der Waals surface area contributed by atoms with E-state index < -0.39 is 0 Å². The number of benzene rings is 2. The van der Waals surface area contributed by atoms with Crippen LogP contribution in [0.25, 0.3) is 6.08 Å². The van der Waals surface area contributed by atoms with Gasteiger partial charge in [0.25, 0.3) is 11.8 Å². The molecular formula is C20H18N2O3S2. The molecule has 1 saturated heterocycles. The maximum absolute atomic E-state index is 12.2. The molecule has 0 atom stereocenters. The Kier molecular flexibility index (Phi) is 5.93. The van der Waals surface area contributed by atoms with Gasteiger partial charge in [0, 0.05) is 11.3 Å². The zero-order valence-corrected chi connectivity index (χ0v) is 16.5. The predicted molar refractivity (Wildman–Crippen MR) is 113 cm³/mol. The van der Waals surface area contributed by atoms with Gasteiger partial charge >= 0.3 is 0 Å². The first kappa shape index (κ1) is 19.1. The van der Waals surface area contributed by atoms with Crippen LogP contribution in [0.3, 0.4) is 0 Å². The molecule has 1 heterocycles. The van der Waals surface area contributed by atoms with Crippen LogP contribution in [0.4, 0.5) is 5.69 Å². The van der Waals surface area contributed by atoms with Crippen molar-refractivity contribution in [1.82, 2.24) is 5.32 Å². The highest BCUT2D eigenvalue weighted by molar-refractivity contribution is 8.26. The molecule has 1 aliphatic rings. The summed E-state index contributed by atoms with van der Waals surface area (Å²) in [5.41, 5.74) is 3.60. The van der Waals surface area contributed by atoms with Crippen molar-refractivity contribution in [3.05, 3.63) is 64.1 Å². The summed E-state index contributed by atoms with van der Waals surface area (Å²) in [6.07, 6.45) is 1.71. The standard InChI is InChI=1S/C20H18N2O3S2/c1-12-7-8-15(13(2)9-12)21-18(23)11-25-16-6-4-3-5-14(16)10-17-19(24)22-20(26)27-17/h3-10H,11H2,1-2H3,(H,21,23)(H,22,24,26)/b17-10-. The molecule has 2 aromatic rings. The van der Waals surface area contributed by atoms with Crippen molar-refractivity contribution in [2.45, 2.75) is 13.8 Å². The average Bonchev–Trinajstić information content (AvgIpc) is 2.94. The first-order chi connectivity index (χ1) is 12.9. The van der Waals surface area contributed by atoms with Crippen molar-refractivity contribution in [2.24, 2.45) is 0 Å². The van der Waals surface area contributed by atoms with E-state index in [0.717, 1.165) is 16.8 Å².